The van der Waals surface area contributed by atoms with Crippen LogP contribution in [0, 0.1) is 25.7 Å². The van der Waals surface area contributed by atoms with Crippen LogP contribution in [0.1, 0.15) is 11.1 Å². The zero-order valence-corrected chi connectivity index (χ0v) is 11.9. The molecule has 2 heterocycles. The smallest absolute Gasteiger partial charge is 0.310 e. The Bertz CT molecular complexity index is 617. The van der Waals surface area contributed by atoms with Gasteiger partial charge in [0.05, 0.1) is 18.1 Å². The number of anilines is 1. The first-order chi connectivity index (χ1) is 9.95. The number of benzene rings is 1. The molecule has 0 spiro atoms. The summed E-state index contributed by atoms with van der Waals surface area (Å²) in [5.41, 5.74) is 2.78. The van der Waals surface area contributed by atoms with E-state index in [1.54, 1.807) is 12.2 Å². The number of carbonyl (C=O) groups is 2. The lowest BCUT2D eigenvalue weighted by molar-refractivity contribution is -0.145. The minimum Gasteiger partial charge on any atom is -0.481 e. The standard InChI is InChI=1S/C16H17NO4/c1-8-5-9(2)7-10(6-8)17-15(18)13-11-3-4-12(21-11)14(13)16(19)20/h3-7,11-14H,1-2H3,(H,17,18)(H,19,20)/t11-,12-,13-,14+/m1/s1. The zero-order valence-electron chi connectivity index (χ0n) is 11.9. The maximum Gasteiger partial charge on any atom is 0.310 e. The van der Waals surface area contributed by atoms with Crippen LogP contribution in [0.15, 0.2) is 30.4 Å². The van der Waals surface area contributed by atoms with Crippen molar-refractivity contribution in [3.63, 3.8) is 0 Å². The van der Waals surface area contributed by atoms with Crippen molar-refractivity contribution in [2.45, 2.75) is 26.1 Å². The maximum atomic E-state index is 12.5. The van der Waals surface area contributed by atoms with Gasteiger partial charge in [-0.1, -0.05) is 18.2 Å². The molecule has 0 aliphatic carbocycles. The molecule has 1 saturated heterocycles. The summed E-state index contributed by atoms with van der Waals surface area (Å²) < 4.78 is 5.51. The van der Waals surface area contributed by atoms with Gasteiger partial charge in [-0.2, -0.15) is 0 Å². The van der Waals surface area contributed by atoms with E-state index in [0.717, 1.165) is 11.1 Å². The molecular weight excluding hydrogens is 270 g/mol. The number of aliphatic carboxylic acids is 1. The zero-order chi connectivity index (χ0) is 15.1. The van der Waals surface area contributed by atoms with Crippen LogP contribution < -0.4 is 5.32 Å². The van der Waals surface area contributed by atoms with Crippen molar-refractivity contribution in [1.82, 2.24) is 0 Å². The number of ether oxygens (including phenoxy) is 1. The fourth-order valence-corrected chi connectivity index (χ4v) is 3.19. The van der Waals surface area contributed by atoms with E-state index in [9.17, 15) is 14.7 Å². The molecule has 1 amide bonds. The highest BCUT2D eigenvalue weighted by molar-refractivity contribution is 5.96. The second-order valence-corrected chi connectivity index (χ2v) is 5.71. The number of hydrogen-bond donors (Lipinski definition) is 2. The van der Waals surface area contributed by atoms with E-state index in [1.807, 2.05) is 32.0 Å². The largest absolute Gasteiger partial charge is 0.481 e. The monoisotopic (exact) mass is 287 g/mol. The van der Waals surface area contributed by atoms with Gasteiger partial charge < -0.3 is 15.2 Å². The van der Waals surface area contributed by atoms with E-state index in [0.29, 0.717) is 5.69 Å². The van der Waals surface area contributed by atoms with Gasteiger partial charge in [-0.3, -0.25) is 9.59 Å². The summed E-state index contributed by atoms with van der Waals surface area (Å²) in [5, 5.41) is 12.1. The van der Waals surface area contributed by atoms with Gasteiger partial charge in [-0.05, 0) is 37.1 Å². The highest BCUT2D eigenvalue weighted by Gasteiger charge is 2.53. The molecule has 1 aromatic rings. The number of aryl methyl sites for hydroxylation is 2. The SMILES string of the molecule is Cc1cc(C)cc(NC(=O)[C@H]2[C@@H](C(=O)O)[C@H]3C=C[C@H]2O3)c1. The Morgan fingerprint density at radius 3 is 2.19 bits per heavy atom. The quantitative estimate of drug-likeness (QED) is 0.833. The third-order valence-corrected chi connectivity index (χ3v) is 3.98. The van der Waals surface area contributed by atoms with E-state index >= 15 is 0 Å². The molecule has 21 heavy (non-hydrogen) atoms. The Balaban J connectivity index is 1.82. The summed E-state index contributed by atoms with van der Waals surface area (Å²) in [7, 11) is 0. The third kappa shape index (κ3) is 2.45. The van der Waals surface area contributed by atoms with E-state index in [1.165, 1.54) is 0 Å². The van der Waals surface area contributed by atoms with Gasteiger partial charge in [-0.25, -0.2) is 0 Å². The summed E-state index contributed by atoms with van der Waals surface area (Å²) in [5.74, 6) is -2.79. The molecule has 4 atom stereocenters. The minimum absolute atomic E-state index is 0.302. The average molecular weight is 287 g/mol. The second-order valence-electron chi connectivity index (χ2n) is 5.71. The number of hydrogen-bond acceptors (Lipinski definition) is 3. The van der Waals surface area contributed by atoms with Crippen LogP contribution in [-0.4, -0.2) is 29.2 Å². The lowest BCUT2D eigenvalue weighted by Gasteiger charge is -2.21. The van der Waals surface area contributed by atoms with Crippen LogP contribution >= 0.6 is 0 Å². The predicted octanol–water partition coefficient (Wildman–Crippen LogP) is 1.90. The number of nitrogens with one attached hydrogen (secondary N) is 1. The summed E-state index contributed by atoms with van der Waals surface area (Å²) in [4.78, 5) is 23.8. The predicted molar refractivity (Wildman–Crippen MR) is 77.0 cm³/mol. The summed E-state index contributed by atoms with van der Waals surface area (Å²) >= 11 is 0. The van der Waals surface area contributed by atoms with Gasteiger partial charge in [0.1, 0.15) is 5.92 Å². The Morgan fingerprint density at radius 1 is 1.05 bits per heavy atom. The molecular formula is C16H17NO4. The number of carboxylic acids is 1. The van der Waals surface area contributed by atoms with Gasteiger partial charge in [-0.15, -0.1) is 0 Å². The van der Waals surface area contributed by atoms with Crippen LogP contribution in [0.2, 0.25) is 0 Å². The molecule has 1 aromatic carbocycles. The number of carboxylic acid groups (broad SMARTS) is 1. The fraction of sp³-hybridized carbons (Fsp3) is 0.375. The highest BCUT2D eigenvalue weighted by Crippen LogP contribution is 2.39. The Labute approximate surface area is 122 Å². The van der Waals surface area contributed by atoms with E-state index in [2.05, 4.69) is 5.32 Å². The topological polar surface area (TPSA) is 75.6 Å². The van der Waals surface area contributed by atoms with Crippen molar-refractivity contribution < 1.29 is 19.4 Å². The van der Waals surface area contributed by atoms with Crippen molar-refractivity contribution in [3.05, 3.63) is 41.5 Å². The molecule has 5 nitrogen and oxygen atoms in total. The maximum absolute atomic E-state index is 12.5. The van der Waals surface area contributed by atoms with E-state index in [4.69, 9.17) is 4.74 Å². The first kappa shape index (κ1) is 13.8. The van der Waals surface area contributed by atoms with Crippen LogP contribution in [-0.2, 0) is 14.3 Å². The summed E-state index contributed by atoms with van der Waals surface area (Å²) in [6.45, 7) is 3.90. The van der Waals surface area contributed by atoms with Crippen molar-refractivity contribution >= 4 is 17.6 Å². The first-order valence-electron chi connectivity index (χ1n) is 6.91. The van der Waals surface area contributed by atoms with Gasteiger partial charge >= 0.3 is 5.97 Å². The number of carbonyl (C=O) groups excluding carboxylic acids is 1. The average Bonchev–Trinajstić information content (AvgIpc) is 2.96. The summed E-state index contributed by atoms with van der Waals surface area (Å²) in [6, 6.07) is 5.74. The molecule has 0 saturated carbocycles. The van der Waals surface area contributed by atoms with Crippen molar-refractivity contribution in [2.75, 3.05) is 5.32 Å². The number of fused-ring (bicyclic) bond motifs is 2. The number of rotatable bonds is 3. The van der Waals surface area contributed by atoms with Crippen molar-refractivity contribution in [2.24, 2.45) is 11.8 Å². The van der Waals surface area contributed by atoms with Gasteiger partial charge in [0.2, 0.25) is 5.91 Å². The molecule has 0 aromatic heterocycles. The molecule has 2 aliphatic heterocycles. The molecule has 5 heteroatoms. The van der Waals surface area contributed by atoms with Crippen molar-refractivity contribution in [3.8, 4) is 0 Å². The Hall–Kier alpha value is -2.14. The number of amides is 1. The van der Waals surface area contributed by atoms with Gasteiger partial charge in [0.25, 0.3) is 0 Å². The highest BCUT2D eigenvalue weighted by atomic mass is 16.5. The molecule has 2 aliphatic rings. The van der Waals surface area contributed by atoms with Crippen molar-refractivity contribution in [1.29, 1.82) is 0 Å². The molecule has 2 N–H and O–H groups in total. The summed E-state index contributed by atoms with van der Waals surface area (Å²) in [6.07, 6.45) is 2.56. The molecule has 0 radical (unpaired) electrons. The van der Waals surface area contributed by atoms with Crippen LogP contribution in [0.3, 0.4) is 0 Å². The fourth-order valence-electron chi connectivity index (χ4n) is 3.19. The van der Waals surface area contributed by atoms with Crippen LogP contribution in [0.5, 0.6) is 0 Å². The van der Waals surface area contributed by atoms with Gasteiger partial charge in [0, 0.05) is 5.69 Å². The Morgan fingerprint density at radius 2 is 1.62 bits per heavy atom. The van der Waals surface area contributed by atoms with E-state index in [-0.39, 0.29) is 5.91 Å². The molecule has 2 bridgehead atoms. The van der Waals surface area contributed by atoms with Crippen LogP contribution in [0.25, 0.3) is 0 Å². The third-order valence-electron chi connectivity index (χ3n) is 3.98. The lowest BCUT2D eigenvalue weighted by atomic mass is 9.82. The Kier molecular flexibility index (Phi) is 3.29. The lowest BCUT2D eigenvalue weighted by Crippen LogP contribution is -2.39. The van der Waals surface area contributed by atoms with Crippen LogP contribution in [0.4, 0.5) is 5.69 Å². The van der Waals surface area contributed by atoms with E-state index < -0.39 is 30.0 Å². The first-order valence-corrected chi connectivity index (χ1v) is 6.91. The normalized spacial score (nSPS) is 29.6. The second kappa shape index (κ2) is 5.00. The molecule has 1 fully saturated rings. The molecule has 110 valence electrons. The molecule has 0 unspecified atom stereocenters. The molecule has 3 rings (SSSR count). The van der Waals surface area contributed by atoms with Gasteiger partial charge in [0.15, 0.2) is 0 Å². The minimum atomic E-state index is -0.993.